The zero-order chi connectivity index (χ0) is 17.1. The molecule has 1 unspecified atom stereocenters. The second-order valence-electron chi connectivity index (χ2n) is 6.03. The van der Waals surface area contributed by atoms with E-state index in [1.165, 1.54) is 5.56 Å². The van der Waals surface area contributed by atoms with Crippen molar-refractivity contribution in [2.45, 2.75) is 19.9 Å². The lowest BCUT2D eigenvalue weighted by Gasteiger charge is -2.37. The van der Waals surface area contributed by atoms with Crippen LogP contribution >= 0.6 is 11.3 Å². The number of aromatic nitrogens is 2. The fraction of sp³-hybridized carbons (Fsp3) is 0.471. The topological polar surface area (TPSA) is 61.4 Å². The molecule has 3 rings (SSSR count). The van der Waals surface area contributed by atoms with E-state index in [2.05, 4.69) is 43.9 Å². The van der Waals surface area contributed by atoms with Gasteiger partial charge in [0.1, 0.15) is 5.69 Å². The first kappa shape index (κ1) is 16.9. The van der Waals surface area contributed by atoms with Gasteiger partial charge in [-0.2, -0.15) is 11.3 Å². The number of nitrogens with one attached hydrogen (secondary N) is 1. The molecule has 6 nitrogen and oxygen atoms in total. The summed E-state index contributed by atoms with van der Waals surface area (Å²) in [5.74, 6) is 0.475. The van der Waals surface area contributed by atoms with Gasteiger partial charge in [0.15, 0.2) is 0 Å². The Hall–Kier alpha value is -1.99. The molecule has 1 aliphatic heterocycles. The highest BCUT2D eigenvalue weighted by molar-refractivity contribution is 7.07. The molecular weight excluding hydrogens is 322 g/mol. The third kappa shape index (κ3) is 3.57. The summed E-state index contributed by atoms with van der Waals surface area (Å²) in [5, 5.41) is 7.22. The van der Waals surface area contributed by atoms with Crippen molar-refractivity contribution in [3.63, 3.8) is 0 Å². The van der Waals surface area contributed by atoms with Crippen molar-refractivity contribution in [3.05, 3.63) is 39.8 Å². The Morgan fingerprint density at radius 3 is 2.67 bits per heavy atom. The quantitative estimate of drug-likeness (QED) is 0.922. The van der Waals surface area contributed by atoms with E-state index in [9.17, 15) is 4.79 Å². The van der Waals surface area contributed by atoms with Crippen LogP contribution in [0.15, 0.2) is 22.9 Å². The van der Waals surface area contributed by atoms with Gasteiger partial charge < -0.3 is 10.2 Å². The number of piperazine rings is 1. The van der Waals surface area contributed by atoms with Crippen molar-refractivity contribution in [2.75, 3.05) is 38.5 Å². The van der Waals surface area contributed by atoms with Crippen LogP contribution in [0.5, 0.6) is 0 Å². The Labute approximate surface area is 146 Å². The standard InChI is InChI=1S/C17H23N5OS/c1-12-10-15(20-17(18-3)19-12)16(23)22-7-5-21(6-8-22)13(2)14-4-9-24-11-14/h4,9-11,13H,5-8H2,1-3H3,(H,18,19,20). The van der Waals surface area contributed by atoms with Gasteiger partial charge in [-0.25, -0.2) is 9.97 Å². The number of thiophene rings is 1. The van der Waals surface area contributed by atoms with Gasteiger partial charge in [-0.3, -0.25) is 9.69 Å². The van der Waals surface area contributed by atoms with Crippen molar-refractivity contribution in [1.29, 1.82) is 0 Å². The monoisotopic (exact) mass is 345 g/mol. The molecular formula is C17H23N5OS. The summed E-state index contributed by atoms with van der Waals surface area (Å²) in [7, 11) is 1.76. The minimum absolute atomic E-state index is 0.0140. The predicted molar refractivity (Wildman–Crippen MR) is 96.5 cm³/mol. The first-order chi connectivity index (χ1) is 11.6. The minimum atomic E-state index is -0.0140. The average molecular weight is 345 g/mol. The van der Waals surface area contributed by atoms with Crippen molar-refractivity contribution in [2.24, 2.45) is 0 Å². The largest absolute Gasteiger partial charge is 0.357 e. The normalized spacial score (nSPS) is 16.9. The lowest BCUT2D eigenvalue weighted by molar-refractivity contribution is 0.0577. The smallest absolute Gasteiger partial charge is 0.272 e. The Balaban J connectivity index is 1.64. The van der Waals surface area contributed by atoms with E-state index in [0.717, 1.165) is 31.9 Å². The molecule has 128 valence electrons. The molecule has 0 radical (unpaired) electrons. The zero-order valence-electron chi connectivity index (χ0n) is 14.3. The molecule has 0 bridgehead atoms. The van der Waals surface area contributed by atoms with Gasteiger partial charge in [0, 0.05) is 45.0 Å². The minimum Gasteiger partial charge on any atom is -0.357 e. The summed E-state index contributed by atoms with van der Waals surface area (Å²) in [6.07, 6.45) is 0. The summed E-state index contributed by atoms with van der Waals surface area (Å²) < 4.78 is 0. The summed E-state index contributed by atoms with van der Waals surface area (Å²) in [6, 6.07) is 4.32. The van der Waals surface area contributed by atoms with E-state index in [-0.39, 0.29) is 5.91 Å². The summed E-state index contributed by atoms with van der Waals surface area (Å²) >= 11 is 1.73. The number of hydrogen-bond acceptors (Lipinski definition) is 6. The maximum absolute atomic E-state index is 12.7. The van der Waals surface area contributed by atoms with E-state index >= 15 is 0 Å². The molecule has 3 heterocycles. The van der Waals surface area contributed by atoms with E-state index in [0.29, 0.717) is 17.7 Å². The fourth-order valence-corrected chi connectivity index (χ4v) is 3.73. The van der Waals surface area contributed by atoms with E-state index < -0.39 is 0 Å². The highest BCUT2D eigenvalue weighted by atomic mass is 32.1. The number of hydrogen-bond donors (Lipinski definition) is 1. The lowest BCUT2D eigenvalue weighted by atomic mass is 10.1. The zero-order valence-corrected chi connectivity index (χ0v) is 15.1. The van der Waals surface area contributed by atoms with Crippen molar-refractivity contribution in [1.82, 2.24) is 19.8 Å². The molecule has 1 atom stereocenters. The third-order valence-electron chi connectivity index (χ3n) is 4.47. The molecule has 1 N–H and O–H groups in total. The number of anilines is 1. The number of aryl methyl sites for hydroxylation is 1. The Bertz CT molecular complexity index is 695. The highest BCUT2D eigenvalue weighted by Crippen LogP contribution is 2.23. The molecule has 0 spiro atoms. The van der Waals surface area contributed by atoms with Gasteiger partial charge in [-0.05, 0) is 42.3 Å². The lowest BCUT2D eigenvalue weighted by Crippen LogP contribution is -2.49. The molecule has 0 saturated carbocycles. The molecule has 1 aliphatic rings. The van der Waals surface area contributed by atoms with Crippen molar-refractivity contribution < 1.29 is 4.79 Å². The Kier molecular flexibility index (Phi) is 5.11. The Morgan fingerprint density at radius 2 is 2.04 bits per heavy atom. The van der Waals surface area contributed by atoms with Crippen LogP contribution in [-0.2, 0) is 0 Å². The highest BCUT2D eigenvalue weighted by Gasteiger charge is 2.26. The van der Waals surface area contributed by atoms with Crippen LogP contribution < -0.4 is 5.32 Å². The van der Waals surface area contributed by atoms with Crippen LogP contribution in [0.25, 0.3) is 0 Å². The van der Waals surface area contributed by atoms with Gasteiger partial charge >= 0.3 is 0 Å². The molecule has 1 saturated heterocycles. The summed E-state index contributed by atoms with van der Waals surface area (Å²) in [5.41, 5.74) is 2.61. The second-order valence-corrected chi connectivity index (χ2v) is 6.81. The maximum atomic E-state index is 12.7. The predicted octanol–water partition coefficient (Wildman–Crippen LogP) is 2.41. The molecule has 24 heavy (non-hydrogen) atoms. The molecule has 1 fully saturated rings. The Morgan fingerprint density at radius 1 is 1.29 bits per heavy atom. The first-order valence-corrected chi connectivity index (χ1v) is 9.11. The van der Waals surface area contributed by atoms with E-state index in [1.54, 1.807) is 24.5 Å². The van der Waals surface area contributed by atoms with Gasteiger partial charge in [0.25, 0.3) is 5.91 Å². The van der Waals surface area contributed by atoms with Gasteiger partial charge in [0.05, 0.1) is 0 Å². The molecule has 7 heteroatoms. The molecule has 2 aromatic heterocycles. The molecule has 0 aliphatic carbocycles. The summed E-state index contributed by atoms with van der Waals surface area (Å²) in [4.78, 5) is 25.6. The van der Waals surface area contributed by atoms with Gasteiger partial charge in [0.2, 0.25) is 5.95 Å². The van der Waals surface area contributed by atoms with Crippen LogP contribution in [-0.4, -0.2) is 58.9 Å². The molecule has 2 aromatic rings. The number of carbonyl (C=O) groups excluding carboxylic acids is 1. The molecule has 1 amide bonds. The average Bonchev–Trinajstić information content (AvgIpc) is 3.14. The van der Waals surface area contributed by atoms with Crippen molar-refractivity contribution >= 4 is 23.2 Å². The maximum Gasteiger partial charge on any atom is 0.272 e. The van der Waals surface area contributed by atoms with Crippen LogP contribution in [0.4, 0.5) is 5.95 Å². The van der Waals surface area contributed by atoms with Crippen LogP contribution in [0.2, 0.25) is 0 Å². The number of nitrogens with zero attached hydrogens (tertiary/aromatic N) is 4. The summed E-state index contributed by atoms with van der Waals surface area (Å²) in [6.45, 7) is 7.32. The fourth-order valence-electron chi connectivity index (χ4n) is 2.99. The third-order valence-corrected chi connectivity index (χ3v) is 5.17. The van der Waals surface area contributed by atoms with Crippen LogP contribution in [0, 0.1) is 6.92 Å². The van der Waals surface area contributed by atoms with Crippen molar-refractivity contribution in [3.8, 4) is 0 Å². The van der Waals surface area contributed by atoms with Crippen LogP contribution in [0.1, 0.15) is 34.7 Å². The van der Waals surface area contributed by atoms with Gasteiger partial charge in [-0.1, -0.05) is 0 Å². The van der Waals surface area contributed by atoms with E-state index in [1.807, 2.05) is 11.8 Å². The first-order valence-electron chi connectivity index (χ1n) is 8.17. The SMILES string of the molecule is CNc1nc(C)cc(C(=O)N2CCN(C(C)c3ccsc3)CC2)n1. The van der Waals surface area contributed by atoms with E-state index in [4.69, 9.17) is 0 Å². The molecule has 0 aromatic carbocycles. The number of amides is 1. The van der Waals surface area contributed by atoms with Gasteiger partial charge in [-0.15, -0.1) is 0 Å². The number of rotatable bonds is 4. The number of carbonyl (C=O) groups is 1. The van der Waals surface area contributed by atoms with Crippen LogP contribution in [0.3, 0.4) is 0 Å². The second kappa shape index (κ2) is 7.27.